The summed E-state index contributed by atoms with van der Waals surface area (Å²) in [6.07, 6.45) is 1.53. The minimum atomic E-state index is -0.928. The molecule has 1 N–H and O–H groups in total. The van der Waals surface area contributed by atoms with E-state index in [1.54, 1.807) is 12.1 Å². The van der Waals surface area contributed by atoms with Crippen molar-refractivity contribution in [1.82, 2.24) is 14.9 Å². The summed E-state index contributed by atoms with van der Waals surface area (Å²) in [4.78, 5) is 29.3. The van der Waals surface area contributed by atoms with Gasteiger partial charge in [-0.2, -0.15) is 0 Å². The smallest absolute Gasteiger partial charge is 0.266 e. The van der Waals surface area contributed by atoms with Gasteiger partial charge in [0, 0.05) is 17.6 Å². The topological polar surface area (TPSA) is 64.0 Å². The maximum absolute atomic E-state index is 14.4. The van der Waals surface area contributed by atoms with Crippen LogP contribution < -0.4 is 10.9 Å². The molecular formula is C19H14ClF2N3O2S. The lowest BCUT2D eigenvalue weighted by atomic mass is 10.2. The Morgan fingerprint density at radius 1 is 1.29 bits per heavy atom. The van der Waals surface area contributed by atoms with Gasteiger partial charge in [-0.15, -0.1) is 6.58 Å². The molecule has 0 saturated carbocycles. The van der Waals surface area contributed by atoms with E-state index in [1.807, 2.05) is 0 Å². The predicted octanol–water partition coefficient (Wildman–Crippen LogP) is 3.71. The van der Waals surface area contributed by atoms with Gasteiger partial charge < -0.3 is 5.32 Å². The molecule has 0 aliphatic carbocycles. The van der Waals surface area contributed by atoms with Crippen molar-refractivity contribution in [2.24, 2.45) is 0 Å². The maximum Gasteiger partial charge on any atom is 0.266 e. The molecule has 0 saturated heterocycles. The van der Waals surface area contributed by atoms with Crippen molar-refractivity contribution in [3.05, 3.63) is 76.1 Å². The van der Waals surface area contributed by atoms with E-state index in [4.69, 9.17) is 11.6 Å². The zero-order chi connectivity index (χ0) is 20.3. The van der Waals surface area contributed by atoms with Crippen molar-refractivity contribution >= 4 is 40.2 Å². The Morgan fingerprint density at radius 2 is 2.07 bits per heavy atom. The van der Waals surface area contributed by atoms with Gasteiger partial charge in [0.05, 0.1) is 22.3 Å². The standard InChI is InChI=1S/C19H14ClF2N3O2S/c1-2-7-23-17(26)10-28-19-24-15-5-3-11(20)8-13(15)18(27)25(19)16-6-4-12(21)9-14(16)22/h2-6,8-9H,1,7,10H2,(H,23,26). The molecule has 0 bridgehead atoms. The Balaban J connectivity index is 2.14. The van der Waals surface area contributed by atoms with E-state index >= 15 is 0 Å². The number of fused-ring (bicyclic) bond motifs is 1. The highest BCUT2D eigenvalue weighted by atomic mass is 35.5. The largest absolute Gasteiger partial charge is 0.352 e. The van der Waals surface area contributed by atoms with Crippen LogP contribution in [-0.4, -0.2) is 27.8 Å². The summed E-state index contributed by atoms with van der Waals surface area (Å²) < 4.78 is 28.7. The number of nitrogens with zero attached hydrogens (tertiary/aromatic N) is 2. The molecule has 1 heterocycles. The van der Waals surface area contributed by atoms with E-state index in [-0.39, 0.29) is 27.9 Å². The third-order valence-electron chi connectivity index (χ3n) is 3.73. The summed E-state index contributed by atoms with van der Waals surface area (Å²) in [5.41, 5.74) is -0.399. The molecule has 1 aromatic heterocycles. The zero-order valence-electron chi connectivity index (χ0n) is 14.4. The van der Waals surface area contributed by atoms with Gasteiger partial charge in [0.15, 0.2) is 5.16 Å². The highest BCUT2D eigenvalue weighted by Gasteiger charge is 2.18. The first-order valence-electron chi connectivity index (χ1n) is 8.09. The second-order valence-corrected chi connectivity index (χ2v) is 7.05. The molecule has 144 valence electrons. The van der Waals surface area contributed by atoms with Gasteiger partial charge in [-0.3, -0.25) is 14.2 Å². The molecule has 9 heteroatoms. The normalized spacial score (nSPS) is 10.8. The fraction of sp³-hybridized carbons (Fsp3) is 0.105. The number of halogens is 3. The van der Waals surface area contributed by atoms with Crippen molar-refractivity contribution in [3.63, 3.8) is 0 Å². The number of rotatable bonds is 6. The Bertz CT molecular complexity index is 1130. The number of hydrogen-bond acceptors (Lipinski definition) is 4. The summed E-state index contributed by atoms with van der Waals surface area (Å²) in [6, 6.07) is 7.42. The lowest BCUT2D eigenvalue weighted by Gasteiger charge is -2.14. The van der Waals surface area contributed by atoms with Gasteiger partial charge in [0.1, 0.15) is 11.6 Å². The molecule has 0 fully saturated rings. The summed E-state index contributed by atoms with van der Waals surface area (Å²) in [5.74, 6) is -2.06. The molecule has 0 radical (unpaired) electrons. The van der Waals surface area contributed by atoms with Crippen LogP contribution in [0.2, 0.25) is 5.02 Å². The molecule has 3 rings (SSSR count). The summed E-state index contributed by atoms with van der Waals surface area (Å²) >= 11 is 6.92. The van der Waals surface area contributed by atoms with Crippen LogP contribution in [0.4, 0.5) is 8.78 Å². The van der Waals surface area contributed by atoms with Gasteiger partial charge in [-0.05, 0) is 30.3 Å². The van der Waals surface area contributed by atoms with E-state index in [0.717, 1.165) is 28.5 Å². The van der Waals surface area contributed by atoms with Crippen LogP contribution in [0.5, 0.6) is 0 Å². The molecule has 0 atom stereocenters. The first-order chi connectivity index (χ1) is 13.4. The predicted molar refractivity (Wildman–Crippen MR) is 106 cm³/mol. The van der Waals surface area contributed by atoms with E-state index in [0.29, 0.717) is 23.2 Å². The van der Waals surface area contributed by atoms with Crippen LogP contribution in [0, 0.1) is 11.6 Å². The van der Waals surface area contributed by atoms with Crippen molar-refractivity contribution < 1.29 is 13.6 Å². The van der Waals surface area contributed by atoms with Crippen LogP contribution in [0.15, 0.2) is 59.0 Å². The van der Waals surface area contributed by atoms with E-state index in [9.17, 15) is 18.4 Å². The van der Waals surface area contributed by atoms with Gasteiger partial charge >= 0.3 is 0 Å². The summed E-state index contributed by atoms with van der Waals surface area (Å²) in [7, 11) is 0. The Kier molecular flexibility index (Phi) is 6.11. The molecule has 0 aliphatic heterocycles. The van der Waals surface area contributed by atoms with Gasteiger partial charge in [-0.1, -0.05) is 29.4 Å². The van der Waals surface area contributed by atoms with Crippen LogP contribution in [-0.2, 0) is 4.79 Å². The second-order valence-electron chi connectivity index (χ2n) is 5.67. The highest BCUT2D eigenvalue weighted by molar-refractivity contribution is 7.99. The molecule has 1 amide bonds. The summed E-state index contributed by atoms with van der Waals surface area (Å²) in [6.45, 7) is 3.81. The van der Waals surface area contributed by atoms with E-state index in [2.05, 4.69) is 16.9 Å². The van der Waals surface area contributed by atoms with Gasteiger partial charge in [0.25, 0.3) is 5.56 Å². The number of carbonyl (C=O) groups excluding carboxylic acids is 1. The molecule has 0 aliphatic rings. The van der Waals surface area contributed by atoms with Crippen molar-refractivity contribution in [2.75, 3.05) is 12.3 Å². The number of amides is 1. The third-order valence-corrected chi connectivity index (χ3v) is 4.90. The molecule has 28 heavy (non-hydrogen) atoms. The molecule has 3 aromatic rings. The Morgan fingerprint density at radius 3 is 2.79 bits per heavy atom. The van der Waals surface area contributed by atoms with Crippen molar-refractivity contribution in [2.45, 2.75) is 5.16 Å². The minimum absolute atomic E-state index is 0.0534. The molecule has 0 unspecified atom stereocenters. The summed E-state index contributed by atoms with van der Waals surface area (Å²) in [5, 5.41) is 3.20. The lowest BCUT2D eigenvalue weighted by molar-refractivity contribution is -0.118. The number of aromatic nitrogens is 2. The maximum atomic E-state index is 14.4. The average Bonchev–Trinajstić information content (AvgIpc) is 2.66. The number of nitrogens with one attached hydrogen (secondary N) is 1. The van der Waals surface area contributed by atoms with E-state index in [1.165, 1.54) is 12.1 Å². The number of hydrogen-bond donors (Lipinski definition) is 1. The van der Waals surface area contributed by atoms with Crippen LogP contribution in [0.1, 0.15) is 0 Å². The molecule has 2 aromatic carbocycles. The Labute approximate surface area is 168 Å². The monoisotopic (exact) mass is 421 g/mol. The highest BCUT2D eigenvalue weighted by Crippen LogP contribution is 2.24. The van der Waals surface area contributed by atoms with E-state index < -0.39 is 17.2 Å². The first-order valence-corrected chi connectivity index (χ1v) is 9.45. The molecule has 0 spiro atoms. The van der Waals surface area contributed by atoms with Crippen molar-refractivity contribution in [3.8, 4) is 5.69 Å². The lowest BCUT2D eigenvalue weighted by Crippen LogP contribution is -2.27. The quantitative estimate of drug-likeness (QED) is 0.374. The van der Waals surface area contributed by atoms with Crippen LogP contribution in [0.3, 0.4) is 0 Å². The van der Waals surface area contributed by atoms with Gasteiger partial charge in [0.2, 0.25) is 5.91 Å². The average molecular weight is 422 g/mol. The fourth-order valence-corrected chi connectivity index (χ4v) is 3.48. The minimum Gasteiger partial charge on any atom is -0.352 e. The number of benzene rings is 2. The van der Waals surface area contributed by atoms with Crippen LogP contribution in [0.25, 0.3) is 16.6 Å². The molecule has 5 nitrogen and oxygen atoms in total. The Hall–Kier alpha value is -2.71. The second kappa shape index (κ2) is 8.53. The zero-order valence-corrected chi connectivity index (χ0v) is 16.0. The molecular weight excluding hydrogens is 408 g/mol. The number of carbonyl (C=O) groups is 1. The first kappa shape index (κ1) is 20.0. The third kappa shape index (κ3) is 4.23. The van der Waals surface area contributed by atoms with Gasteiger partial charge in [-0.25, -0.2) is 13.8 Å². The fourth-order valence-electron chi connectivity index (χ4n) is 2.48. The van der Waals surface area contributed by atoms with Crippen molar-refractivity contribution in [1.29, 1.82) is 0 Å². The van der Waals surface area contributed by atoms with Crippen LogP contribution >= 0.6 is 23.4 Å². The number of thioether (sulfide) groups is 1. The SMILES string of the molecule is C=CCNC(=O)CSc1nc2ccc(Cl)cc2c(=O)n1-c1ccc(F)cc1F.